The average molecular weight is 251 g/mol. The summed E-state index contributed by atoms with van der Waals surface area (Å²) in [5.41, 5.74) is 8.15. The van der Waals surface area contributed by atoms with E-state index >= 15 is 0 Å². The lowest BCUT2D eigenvalue weighted by molar-refractivity contribution is 0.615. The first kappa shape index (κ1) is 11.4. The highest BCUT2D eigenvalue weighted by molar-refractivity contribution is 5.80. The fourth-order valence-corrected chi connectivity index (χ4v) is 1.89. The Balaban J connectivity index is 0.000000117. The fourth-order valence-electron chi connectivity index (χ4n) is 1.89. The van der Waals surface area contributed by atoms with Crippen LogP contribution in [0.1, 0.15) is 0 Å². The van der Waals surface area contributed by atoms with Crippen LogP contribution in [0.5, 0.6) is 0 Å². The zero-order valence-electron chi connectivity index (χ0n) is 10.2. The van der Waals surface area contributed by atoms with Crippen molar-refractivity contribution in [3.8, 4) is 0 Å². The topological polar surface area (TPSA) is 52.3 Å². The molecule has 0 radical (unpaired) electrons. The molecule has 0 aliphatic carbocycles. The molecular weight excluding hydrogens is 238 g/mol. The predicted octanol–water partition coefficient (Wildman–Crippen LogP) is 4.45. The zero-order valence-corrected chi connectivity index (χ0v) is 10.2. The van der Waals surface area contributed by atoms with Crippen LogP contribution in [0, 0.1) is 0 Å². The number of rotatable bonds is 0. The minimum atomic E-state index is 0.772. The van der Waals surface area contributed by atoms with Crippen LogP contribution in [-0.4, -0.2) is 0 Å². The van der Waals surface area contributed by atoms with Gasteiger partial charge in [0.05, 0.1) is 12.5 Å². The number of furan rings is 2. The van der Waals surface area contributed by atoms with Crippen LogP contribution in [0.25, 0.3) is 21.9 Å². The monoisotopic (exact) mass is 251 g/mol. The Morgan fingerprint density at radius 2 is 1.37 bits per heavy atom. The standard InChI is InChI=1S/C8H7NO.C8H6O/c9-7-1-2-8-6(5-7)3-4-10-8;1-2-4-8-7(3-1)5-6-9-8/h1-5H,9H2;1-6H. The molecule has 3 heteroatoms. The van der Waals surface area contributed by atoms with Gasteiger partial charge < -0.3 is 14.6 Å². The summed E-state index contributed by atoms with van der Waals surface area (Å²) >= 11 is 0. The summed E-state index contributed by atoms with van der Waals surface area (Å²) < 4.78 is 10.2. The second kappa shape index (κ2) is 4.90. The Kier molecular flexibility index (Phi) is 2.94. The van der Waals surface area contributed by atoms with Crippen LogP contribution in [0.3, 0.4) is 0 Å². The van der Waals surface area contributed by atoms with E-state index in [-0.39, 0.29) is 0 Å². The van der Waals surface area contributed by atoms with Crippen molar-refractivity contribution in [2.45, 2.75) is 0 Å². The zero-order chi connectivity index (χ0) is 13.1. The number of para-hydroxylation sites is 1. The first-order valence-electron chi connectivity index (χ1n) is 5.98. The summed E-state index contributed by atoms with van der Waals surface area (Å²) in [6, 6.07) is 17.4. The van der Waals surface area contributed by atoms with Crippen molar-refractivity contribution < 1.29 is 8.83 Å². The molecule has 0 amide bonds. The first-order valence-corrected chi connectivity index (χ1v) is 5.98. The van der Waals surface area contributed by atoms with E-state index < -0.39 is 0 Å². The summed E-state index contributed by atoms with van der Waals surface area (Å²) in [7, 11) is 0. The third-order valence-corrected chi connectivity index (χ3v) is 2.84. The molecule has 2 aromatic carbocycles. The predicted molar refractivity (Wildman–Crippen MR) is 76.8 cm³/mol. The van der Waals surface area contributed by atoms with Crippen molar-refractivity contribution in [3.05, 3.63) is 67.1 Å². The molecule has 0 saturated heterocycles. The van der Waals surface area contributed by atoms with E-state index in [2.05, 4.69) is 0 Å². The van der Waals surface area contributed by atoms with Gasteiger partial charge in [-0.3, -0.25) is 0 Å². The maximum atomic E-state index is 5.54. The molecule has 2 aromatic heterocycles. The van der Waals surface area contributed by atoms with Gasteiger partial charge in [0.1, 0.15) is 11.2 Å². The van der Waals surface area contributed by atoms with Crippen molar-refractivity contribution in [2.24, 2.45) is 0 Å². The van der Waals surface area contributed by atoms with Gasteiger partial charge in [0.2, 0.25) is 0 Å². The highest BCUT2D eigenvalue weighted by atomic mass is 16.3. The molecule has 0 bridgehead atoms. The van der Waals surface area contributed by atoms with E-state index in [4.69, 9.17) is 14.6 Å². The van der Waals surface area contributed by atoms with Crippen molar-refractivity contribution in [2.75, 3.05) is 5.73 Å². The Morgan fingerprint density at radius 1 is 0.684 bits per heavy atom. The molecule has 4 rings (SSSR count). The van der Waals surface area contributed by atoms with Gasteiger partial charge in [-0.2, -0.15) is 0 Å². The van der Waals surface area contributed by atoms with E-state index in [1.54, 1.807) is 12.5 Å². The lowest BCUT2D eigenvalue weighted by atomic mass is 10.2. The van der Waals surface area contributed by atoms with E-state index in [1.165, 1.54) is 0 Å². The molecular formula is C16H13NO2. The van der Waals surface area contributed by atoms with E-state index in [1.807, 2.05) is 54.6 Å². The lowest BCUT2D eigenvalue weighted by Crippen LogP contribution is -1.80. The molecule has 0 atom stereocenters. The highest BCUT2D eigenvalue weighted by Gasteiger charge is 1.94. The van der Waals surface area contributed by atoms with Crippen LogP contribution in [0.15, 0.2) is 76.0 Å². The Bertz CT molecular complexity index is 768. The third kappa shape index (κ3) is 2.45. The average Bonchev–Trinajstić information content (AvgIpc) is 3.07. The number of nitrogen functional groups attached to an aromatic ring is 1. The number of benzene rings is 2. The van der Waals surface area contributed by atoms with Gasteiger partial charge in [-0.1, -0.05) is 18.2 Å². The maximum Gasteiger partial charge on any atom is 0.133 e. The second-order valence-corrected chi connectivity index (χ2v) is 4.18. The number of fused-ring (bicyclic) bond motifs is 2. The minimum Gasteiger partial charge on any atom is -0.464 e. The molecule has 0 saturated carbocycles. The molecule has 19 heavy (non-hydrogen) atoms. The van der Waals surface area contributed by atoms with E-state index in [9.17, 15) is 0 Å². The van der Waals surface area contributed by atoms with Gasteiger partial charge in [-0.05, 0) is 36.4 Å². The van der Waals surface area contributed by atoms with Gasteiger partial charge >= 0.3 is 0 Å². The van der Waals surface area contributed by atoms with E-state index in [0.29, 0.717) is 0 Å². The van der Waals surface area contributed by atoms with Crippen LogP contribution in [0.2, 0.25) is 0 Å². The number of nitrogens with two attached hydrogens (primary N) is 1. The first-order chi connectivity index (χ1) is 9.33. The maximum absolute atomic E-state index is 5.54. The Labute approximate surface area is 110 Å². The molecule has 0 spiro atoms. The number of hydrogen-bond acceptors (Lipinski definition) is 3. The SMILES string of the molecule is Nc1ccc2occc2c1.c1ccc2occc2c1. The molecule has 0 fully saturated rings. The Hall–Kier alpha value is -2.68. The largest absolute Gasteiger partial charge is 0.464 e. The summed E-state index contributed by atoms with van der Waals surface area (Å²) in [5.74, 6) is 0. The molecule has 0 unspecified atom stereocenters. The number of anilines is 1. The van der Waals surface area contributed by atoms with Crippen LogP contribution >= 0.6 is 0 Å². The van der Waals surface area contributed by atoms with Crippen molar-refractivity contribution in [3.63, 3.8) is 0 Å². The summed E-state index contributed by atoms with van der Waals surface area (Å²) in [5, 5.41) is 2.22. The molecule has 0 aliphatic rings. The van der Waals surface area contributed by atoms with Gasteiger partial charge in [-0.25, -0.2) is 0 Å². The van der Waals surface area contributed by atoms with Crippen LogP contribution in [0.4, 0.5) is 5.69 Å². The smallest absolute Gasteiger partial charge is 0.133 e. The fraction of sp³-hybridized carbons (Fsp3) is 0. The van der Waals surface area contributed by atoms with Crippen molar-refractivity contribution in [1.82, 2.24) is 0 Å². The van der Waals surface area contributed by atoms with Crippen molar-refractivity contribution >= 4 is 27.6 Å². The van der Waals surface area contributed by atoms with Gasteiger partial charge in [0, 0.05) is 16.5 Å². The quantitative estimate of drug-likeness (QED) is 0.470. The molecule has 3 nitrogen and oxygen atoms in total. The van der Waals surface area contributed by atoms with Crippen LogP contribution < -0.4 is 5.73 Å². The van der Waals surface area contributed by atoms with Crippen LogP contribution in [-0.2, 0) is 0 Å². The van der Waals surface area contributed by atoms with Gasteiger partial charge in [-0.15, -0.1) is 0 Å². The summed E-state index contributed by atoms with van der Waals surface area (Å²) in [4.78, 5) is 0. The highest BCUT2D eigenvalue weighted by Crippen LogP contribution is 2.17. The number of hydrogen-bond donors (Lipinski definition) is 1. The van der Waals surface area contributed by atoms with Gasteiger partial charge in [0.15, 0.2) is 0 Å². The third-order valence-electron chi connectivity index (χ3n) is 2.84. The molecule has 2 N–H and O–H groups in total. The molecule has 4 aromatic rings. The summed E-state index contributed by atoms with van der Waals surface area (Å²) in [6.45, 7) is 0. The normalized spacial score (nSPS) is 10.3. The molecule has 2 heterocycles. The Morgan fingerprint density at radius 3 is 2.16 bits per heavy atom. The van der Waals surface area contributed by atoms with E-state index in [0.717, 1.165) is 27.6 Å². The molecule has 0 aliphatic heterocycles. The second-order valence-electron chi connectivity index (χ2n) is 4.18. The molecule has 94 valence electrons. The lowest BCUT2D eigenvalue weighted by Gasteiger charge is -1.89. The summed E-state index contributed by atoms with van der Waals surface area (Å²) in [6.07, 6.45) is 3.36. The van der Waals surface area contributed by atoms with Crippen molar-refractivity contribution in [1.29, 1.82) is 0 Å². The minimum absolute atomic E-state index is 0.772. The van der Waals surface area contributed by atoms with Gasteiger partial charge in [0.25, 0.3) is 0 Å².